The van der Waals surface area contributed by atoms with Crippen LogP contribution in [0.5, 0.6) is 0 Å². The number of benzene rings is 2. The van der Waals surface area contributed by atoms with Crippen molar-refractivity contribution in [2.24, 2.45) is 0 Å². The van der Waals surface area contributed by atoms with Crippen molar-refractivity contribution in [1.82, 2.24) is 0 Å². The molecule has 0 radical (unpaired) electrons. The Morgan fingerprint density at radius 3 is 2.38 bits per heavy atom. The first-order chi connectivity index (χ1) is 14.1. The van der Waals surface area contributed by atoms with E-state index in [0.717, 1.165) is 12.8 Å². The number of hydrogen-bond donors (Lipinski definition) is 1. The van der Waals surface area contributed by atoms with Gasteiger partial charge in [0.2, 0.25) is 0 Å². The second-order valence-electron chi connectivity index (χ2n) is 6.45. The number of para-hydroxylation sites is 1. The van der Waals surface area contributed by atoms with E-state index < -0.39 is 0 Å². The maximum atomic E-state index is 4.60. The van der Waals surface area contributed by atoms with Gasteiger partial charge in [-0.3, -0.25) is 0 Å². The summed E-state index contributed by atoms with van der Waals surface area (Å²) in [7, 11) is 1.97. The topological polar surface area (TPSA) is 12.0 Å². The molecule has 29 heavy (non-hydrogen) atoms. The number of nitrogens with one attached hydrogen (secondary N) is 1. The maximum absolute atomic E-state index is 4.60. The zero-order valence-corrected chi connectivity index (χ0v) is 18.2. The van der Waals surface area contributed by atoms with Gasteiger partial charge in [0.15, 0.2) is 0 Å². The molecule has 0 amide bonds. The fraction of sp³-hybridized carbons (Fsp3) is 0.214. The highest BCUT2D eigenvalue weighted by atomic mass is 14.8. The molecule has 1 N–H and O–H groups in total. The Morgan fingerprint density at radius 2 is 1.76 bits per heavy atom. The molecule has 0 atom stereocenters. The lowest BCUT2D eigenvalue weighted by molar-refractivity contribution is 1.18. The second-order valence-corrected chi connectivity index (χ2v) is 6.45. The van der Waals surface area contributed by atoms with Crippen LogP contribution in [0.15, 0.2) is 85.0 Å². The van der Waals surface area contributed by atoms with Crippen LogP contribution in [-0.2, 0) is 6.42 Å². The van der Waals surface area contributed by atoms with Crippen molar-refractivity contribution in [1.29, 1.82) is 0 Å². The third-order valence-corrected chi connectivity index (χ3v) is 4.59. The Balaban J connectivity index is 0.00000132. The summed E-state index contributed by atoms with van der Waals surface area (Å²) < 4.78 is 0. The van der Waals surface area contributed by atoms with E-state index >= 15 is 0 Å². The highest BCUT2D eigenvalue weighted by Gasteiger charge is 2.01. The van der Waals surface area contributed by atoms with Crippen LogP contribution in [0.2, 0.25) is 0 Å². The predicted molar refractivity (Wildman–Crippen MR) is 131 cm³/mol. The zero-order chi connectivity index (χ0) is 21.5. The van der Waals surface area contributed by atoms with Crippen molar-refractivity contribution in [3.8, 4) is 12.3 Å². The highest BCUT2D eigenvalue weighted by molar-refractivity contribution is 5.58. The smallest absolute Gasteiger partial charge is 0.0373 e. The first-order valence-electron chi connectivity index (χ1n) is 9.96. The lowest BCUT2D eigenvalue weighted by atomic mass is 10.0. The molecule has 0 saturated carbocycles. The number of anilines is 1. The van der Waals surface area contributed by atoms with Crippen LogP contribution in [0.25, 0.3) is 11.6 Å². The normalized spacial score (nSPS) is 12.7. The molecule has 0 aliphatic rings. The predicted octanol–water partition coefficient (Wildman–Crippen LogP) is 5.64. The van der Waals surface area contributed by atoms with Gasteiger partial charge in [0.25, 0.3) is 0 Å². The Hall–Kier alpha value is -3.24. The molecule has 0 aliphatic heterocycles. The van der Waals surface area contributed by atoms with Crippen LogP contribution in [0.3, 0.4) is 0 Å². The lowest BCUT2D eigenvalue weighted by Gasteiger charge is -2.09. The molecule has 0 aromatic heterocycles. The molecule has 0 spiro atoms. The number of terminal acetylenes is 1. The van der Waals surface area contributed by atoms with E-state index in [1.807, 2.05) is 13.1 Å². The summed E-state index contributed by atoms with van der Waals surface area (Å²) in [6, 6.07) is 16.9. The van der Waals surface area contributed by atoms with Crippen LogP contribution >= 0.6 is 0 Å². The van der Waals surface area contributed by atoms with Crippen molar-refractivity contribution in [3.63, 3.8) is 0 Å². The zero-order valence-electron chi connectivity index (χ0n) is 18.2. The third kappa shape index (κ3) is 7.72. The Labute approximate surface area is 176 Å². The third-order valence-electron chi connectivity index (χ3n) is 4.59. The van der Waals surface area contributed by atoms with Crippen LogP contribution < -0.4 is 15.8 Å². The van der Waals surface area contributed by atoms with Gasteiger partial charge in [0.05, 0.1) is 0 Å². The Morgan fingerprint density at radius 1 is 1.10 bits per heavy atom. The summed E-state index contributed by atoms with van der Waals surface area (Å²) in [6.07, 6.45) is 17.2. The van der Waals surface area contributed by atoms with E-state index in [-0.39, 0.29) is 0 Å². The summed E-state index contributed by atoms with van der Waals surface area (Å²) in [5, 5.41) is 5.79. The average Bonchev–Trinajstić information content (AvgIpc) is 2.76. The monoisotopic (exact) mass is 383 g/mol. The van der Waals surface area contributed by atoms with E-state index in [2.05, 4.69) is 111 Å². The van der Waals surface area contributed by atoms with Gasteiger partial charge in [0, 0.05) is 12.7 Å². The quantitative estimate of drug-likeness (QED) is 0.482. The van der Waals surface area contributed by atoms with Gasteiger partial charge < -0.3 is 5.32 Å². The SMILES string of the molecule is C#CC.C=C/C(C/C=C\C(=C/C)Cc1ccccc1NC)=c1/cccc/c1=C/C. The first kappa shape index (κ1) is 23.8. The Bertz CT molecular complexity index is 997. The van der Waals surface area contributed by atoms with Gasteiger partial charge in [-0.1, -0.05) is 79.4 Å². The van der Waals surface area contributed by atoms with Crippen LogP contribution in [0.4, 0.5) is 5.69 Å². The van der Waals surface area contributed by atoms with Gasteiger partial charge in [0.1, 0.15) is 0 Å². The van der Waals surface area contributed by atoms with Crippen molar-refractivity contribution >= 4 is 17.3 Å². The molecule has 1 heteroatoms. The molecule has 2 aromatic rings. The van der Waals surface area contributed by atoms with E-state index in [4.69, 9.17) is 0 Å². The van der Waals surface area contributed by atoms with Crippen LogP contribution in [0.1, 0.15) is 32.8 Å². The van der Waals surface area contributed by atoms with Gasteiger partial charge in [-0.25, -0.2) is 0 Å². The van der Waals surface area contributed by atoms with Gasteiger partial charge in [-0.05, 0) is 66.8 Å². The van der Waals surface area contributed by atoms with Gasteiger partial charge in [-0.15, -0.1) is 12.3 Å². The minimum Gasteiger partial charge on any atom is -0.388 e. The molecule has 2 aromatic carbocycles. The molecule has 150 valence electrons. The second kappa shape index (κ2) is 13.9. The molecule has 0 unspecified atom stereocenters. The van der Waals surface area contributed by atoms with Gasteiger partial charge in [-0.2, -0.15) is 0 Å². The summed E-state index contributed by atoms with van der Waals surface area (Å²) in [5.41, 5.74) is 5.06. The fourth-order valence-corrected chi connectivity index (χ4v) is 3.08. The summed E-state index contributed by atoms with van der Waals surface area (Å²) in [4.78, 5) is 0. The molecule has 2 rings (SSSR count). The van der Waals surface area contributed by atoms with E-state index in [9.17, 15) is 0 Å². The molecule has 1 nitrogen and oxygen atoms in total. The van der Waals surface area contributed by atoms with Crippen LogP contribution in [-0.4, -0.2) is 7.05 Å². The van der Waals surface area contributed by atoms with E-state index in [0.29, 0.717) is 0 Å². The average molecular weight is 384 g/mol. The fourth-order valence-electron chi connectivity index (χ4n) is 3.08. The minimum absolute atomic E-state index is 0.874. The number of hydrogen-bond acceptors (Lipinski definition) is 1. The van der Waals surface area contributed by atoms with Crippen LogP contribution in [0, 0.1) is 12.3 Å². The highest BCUT2D eigenvalue weighted by Crippen LogP contribution is 2.19. The van der Waals surface area contributed by atoms with Crippen molar-refractivity contribution in [2.45, 2.75) is 33.6 Å². The molecule has 0 aliphatic carbocycles. The van der Waals surface area contributed by atoms with E-state index in [1.165, 1.54) is 32.8 Å². The molecular weight excluding hydrogens is 350 g/mol. The summed E-state index contributed by atoms with van der Waals surface area (Å²) in [6.45, 7) is 9.84. The minimum atomic E-state index is 0.874. The largest absolute Gasteiger partial charge is 0.388 e. The van der Waals surface area contributed by atoms with Crippen molar-refractivity contribution in [3.05, 3.63) is 101 Å². The molecule has 0 heterocycles. The summed E-state index contributed by atoms with van der Waals surface area (Å²) in [5.74, 6) is 2.25. The standard InChI is InChI=1S/C25H29N.C3H4/c1-5-20(19-23-15-9-11-18-25(23)26-4)13-12-16-22(7-3)24-17-10-8-14-21(24)6-2;1-3-2/h5-15,17-18,26H,3,16,19H2,1-2,4H3;1H,2H3/b13-12-,20-5+,21-6-,24-22+;. The van der Waals surface area contributed by atoms with E-state index in [1.54, 1.807) is 6.92 Å². The first-order valence-corrected chi connectivity index (χ1v) is 9.96. The molecular formula is C28H33N. The maximum Gasteiger partial charge on any atom is 0.0373 e. The van der Waals surface area contributed by atoms with Gasteiger partial charge >= 0.3 is 0 Å². The van der Waals surface area contributed by atoms with Crippen molar-refractivity contribution in [2.75, 3.05) is 12.4 Å². The van der Waals surface area contributed by atoms with Crippen molar-refractivity contribution < 1.29 is 0 Å². The summed E-state index contributed by atoms with van der Waals surface area (Å²) >= 11 is 0. The molecule has 0 saturated heterocycles. The number of rotatable bonds is 7. The Kier molecular flexibility index (Phi) is 11.4. The molecule has 0 bridgehead atoms. The molecule has 0 fully saturated rings. The lowest BCUT2D eigenvalue weighted by Crippen LogP contribution is -2.25. The number of allylic oxidation sites excluding steroid dienone is 5.